The molecule has 1 aromatic rings. The lowest BCUT2D eigenvalue weighted by molar-refractivity contribution is -0.0597. The Hall–Kier alpha value is -0.640. The van der Waals surface area contributed by atoms with Crippen molar-refractivity contribution in [2.24, 2.45) is 0 Å². The first-order chi connectivity index (χ1) is 6.40. The Morgan fingerprint density at radius 3 is 3.08 bits per heavy atom. The molecule has 1 aromatic heterocycles. The fraction of sp³-hybridized carbons (Fsp3) is 0.444. The normalized spacial score (nSPS) is 27.8. The van der Waals surface area contributed by atoms with E-state index in [2.05, 4.69) is 4.98 Å². The van der Waals surface area contributed by atoms with Crippen molar-refractivity contribution in [2.75, 3.05) is 12.5 Å². The zero-order chi connectivity index (χ0) is 9.10. The molecule has 70 valence electrons. The van der Waals surface area contributed by atoms with Gasteiger partial charge in [0.25, 0.3) is 0 Å². The number of halogens is 1. The molecule has 2 atom stereocenters. The van der Waals surface area contributed by atoms with Gasteiger partial charge in [-0.2, -0.15) is 0 Å². The highest BCUT2D eigenvalue weighted by molar-refractivity contribution is 6.18. The second-order valence-corrected chi connectivity index (χ2v) is 3.14. The van der Waals surface area contributed by atoms with Crippen LogP contribution in [0.3, 0.4) is 0 Å². The summed E-state index contributed by atoms with van der Waals surface area (Å²) in [6.45, 7) is 0.546. The van der Waals surface area contributed by atoms with Crippen LogP contribution in [0.2, 0.25) is 0 Å². The number of alkyl halides is 1. The number of ether oxygens (including phenoxy) is 2. The number of aromatic nitrogens is 1. The third-order valence-corrected chi connectivity index (χ3v) is 2.20. The summed E-state index contributed by atoms with van der Waals surface area (Å²) in [6, 6.07) is 5.64. The number of hydrogen-bond donors (Lipinski definition) is 0. The van der Waals surface area contributed by atoms with Gasteiger partial charge in [-0.1, -0.05) is 6.07 Å². The highest BCUT2D eigenvalue weighted by Gasteiger charge is 2.27. The first-order valence-electron chi connectivity index (χ1n) is 4.14. The summed E-state index contributed by atoms with van der Waals surface area (Å²) < 4.78 is 10.9. The van der Waals surface area contributed by atoms with Crippen LogP contribution in [0.4, 0.5) is 0 Å². The van der Waals surface area contributed by atoms with E-state index in [0.29, 0.717) is 12.5 Å². The van der Waals surface area contributed by atoms with E-state index in [4.69, 9.17) is 21.1 Å². The van der Waals surface area contributed by atoms with Gasteiger partial charge in [0.1, 0.15) is 0 Å². The van der Waals surface area contributed by atoms with E-state index < -0.39 is 0 Å². The zero-order valence-corrected chi connectivity index (χ0v) is 7.78. The van der Waals surface area contributed by atoms with Gasteiger partial charge >= 0.3 is 0 Å². The van der Waals surface area contributed by atoms with E-state index in [0.717, 1.165) is 5.69 Å². The van der Waals surface area contributed by atoms with E-state index in [1.54, 1.807) is 6.20 Å². The van der Waals surface area contributed by atoms with Crippen LogP contribution in [0.15, 0.2) is 24.4 Å². The Kier molecular flexibility index (Phi) is 2.78. The lowest BCUT2D eigenvalue weighted by Gasteiger charge is -2.08. The van der Waals surface area contributed by atoms with E-state index in [9.17, 15) is 0 Å². The number of pyridine rings is 1. The Balaban J connectivity index is 2.04. The van der Waals surface area contributed by atoms with Crippen LogP contribution in [0.5, 0.6) is 0 Å². The second kappa shape index (κ2) is 4.05. The molecule has 1 saturated heterocycles. The summed E-state index contributed by atoms with van der Waals surface area (Å²) in [4.78, 5) is 4.14. The van der Waals surface area contributed by atoms with E-state index in [1.807, 2.05) is 18.2 Å². The molecular formula is C9H10ClNO2. The molecule has 0 unspecified atom stereocenters. The second-order valence-electron chi connectivity index (χ2n) is 2.83. The summed E-state index contributed by atoms with van der Waals surface area (Å²) in [5.41, 5.74) is 0.801. The van der Waals surface area contributed by atoms with Gasteiger partial charge in [0, 0.05) is 6.20 Å². The average Bonchev–Trinajstić information content (AvgIpc) is 2.67. The van der Waals surface area contributed by atoms with Crippen LogP contribution in [-0.2, 0) is 9.47 Å². The van der Waals surface area contributed by atoms with Crippen LogP contribution >= 0.6 is 11.6 Å². The fourth-order valence-electron chi connectivity index (χ4n) is 1.20. The van der Waals surface area contributed by atoms with Crippen LogP contribution in [0.25, 0.3) is 0 Å². The van der Waals surface area contributed by atoms with Crippen molar-refractivity contribution in [3.63, 3.8) is 0 Å². The van der Waals surface area contributed by atoms with Gasteiger partial charge in [0.05, 0.1) is 24.3 Å². The average molecular weight is 200 g/mol. The van der Waals surface area contributed by atoms with E-state index in [1.165, 1.54) is 0 Å². The highest BCUT2D eigenvalue weighted by Crippen LogP contribution is 2.25. The summed E-state index contributed by atoms with van der Waals surface area (Å²) in [5, 5.41) is 0. The molecule has 1 aliphatic heterocycles. The van der Waals surface area contributed by atoms with Gasteiger partial charge in [0.2, 0.25) is 6.29 Å². The van der Waals surface area contributed by atoms with E-state index >= 15 is 0 Å². The van der Waals surface area contributed by atoms with Crippen molar-refractivity contribution in [3.8, 4) is 0 Å². The van der Waals surface area contributed by atoms with Crippen LogP contribution < -0.4 is 0 Å². The minimum Gasteiger partial charge on any atom is -0.344 e. The van der Waals surface area contributed by atoms with Crippen molar-refractivity contribution in [1.82, 2.24) is 4.98 Å². The maximum Gasteiger partial charge on any atom is 0.201 e. The van der Waals surface area contributed by atoms with Crippen LogP contribution in [-0.4, -0.2) is 23.6 Å². The maximum absolute atomic E-state index is 5.64. The summed E-state index contributed by atoms with van der Waals surface area (Å²) >= 11 is 5.64. The molecule has 2 rings (SSSR count). The molecule has 2 heterocycles. The SMILES string of the molecule is ClC[C@@H]1CO[C@@H](c2ccccn2)O1. The zero-order valence-electron chi connectivity index (χ0n) is 7.02. The van der Waals surface area contributed by atoms with Crippen molar-refractivity contribution in [1.29, 1.82) is 0 Å². The third kappa shape index (κ3) is 1.99. The quantitative estimate of drug-likeness (QED) is 0.680. The molecule has 1 fully saturated rings. The van der Waals surface area contributed by atoms with Gasteiger partial charge in [-0.25, -0.2) is 0 Å². The molecule has 0 aliphatic carbocycles. The summed E-state index contributed by atoms with van der Waals surface area (Å²) in [7, 11) is 0. The maximum atomic E-state index is 5.64. The Bertz CT molecular complexity index is 268. The summed E-state index contributed by atoms with van der Waals surface area (Å²) in [6.07, 6.45) is 1.37. The largest absolute Gasteiger partial charge is 0.344 e. The Morgan fingerprint density at radius 1 is 1.54 bits per heavy atom. The van der Waals surface area contributed by atoms with Crippen LogP contribution in [0, 0.1) is 0 Å². The standard InChI is InChI=1S/C9H10ClNO2/c10-5-7-6-12-9(13-7)8-3-1-2-4-11-8/h1-4,7,9H,5-6H2/t7-,9-/m1/s1. The molecule has 0 N–H and O–H groups in total. The monoisotopic (exact) mass is 199 g/mol. The van der Waals surface area contributed by atoms with Crippen molar-refractivity contribution in [2.45, 2.75) is 12.4 Å². The predicted molar refractivity (Wildman–Crippen MR) is 48.5 cm³/mol. The lowest BCUT2D eigenvalue weighted by Crippen LogP contribution is -2.11. The molecule has 0 bridgehead atoms. The van der Waals surface area contributed by atoms with Gasteiger partial charge in [-0.3, -0.25) is 4.98 Å². The van der Waals surface area contributed by atoms with Crippen molar-refractivity contribution < 1.29 is 9.47 Å². The minimum absolute atomic E-state index is 0.00586. The molecule has 4 heteroatoms. The topological polar surface area (TPSA) is 31.4 Å². The molecule has 13 heavy (non-hydrogen) atoms. The molecule has 0 amide bonds. The molecule has 0 spiro atoms. The van der Waals surface area contributed by atoms with Gasteiger partial charge < -0.3 is 9.47 Å². The number of hydrogen-bond acceptors (Lipinski definition) is 3. The smallest absolute Gasteiger partial charge is 0.201 e. The number of nitrogens with zero attached hydrogens (tertiary/aromatic N) is 1. The molecule has 0 saturated carbocycles. The van der Waals surface area contributed by atoms with E-state index in [-0.39, 0.29) is 12.4 Å². The Labute approximate surface area is 81.6 Å². The van der Waals surface area contributed by atoms with Crippen molar-refractivity contribution >= 4 is 11.6 Å². The third-order valence-electron chi connectivity index (χ3n) is 1.85. The lowest BCUT2D eigenvalue weighted by atomic mass is 10.3. The number of rotatable bonds is 2. The van der Waals surface area contributed by atoms with Crippen molar-refractivity contribution in [3.05, 3.63) is 30.1 Å². The van der Waals surface area contributed by atoms with Gasteiger partial charge in [-0.05, 0) is 12.1 Å². The molecule has 1 aliphatic rings. The van der Waals surface area contributed by atoms with Gasteiger partial charge in [-0.15, -0.1) is 11.6 Å². The fourth-order valence-corrected chi connectivity index (χ4v) is 1.36. The first-order valence-corrected chi connectivity index (χ1v) is 4.67. The molecular weight excluding hydrogens is 190 g/mol. The predicted octanol–water partition coefficient (Wildman–Crippen LogP) is 1.73. The minimum atomic E-state index is -0.343. The van der Waals surface area contributed by atoms with Crippen LogP contribution in [0.1, 0.15) is 12.0 Å². The Morgan fingerprint density at radius 2 is 2.46 bits per heavy atom. The molecule has 0 aromatic carbocycles. The molecule has 3 nitrogen and oxygen atoms in total. The molecule has 0 radical (unpaired) electrons. The van der Waals surface area contributed by atoms with Gasteiger partial charge in [0.15, 0.2) is 0 Å². The highest BCUT2D eigenvalue weighted by atomic mass is 35.5. The first kappa shape index (κ1) is 8.94. The summed E-state index contributed by atoms with van der Waals surface area (Å²) in [5.74, 6) is 0.462.